The van der Waals surface area contributed by atoms with Gasteiger partial charge in [-0.15, -0.1) is 0 Å². The summed E-state index contributed by atoms with van der Waals surface area (Å²) in [6.07, 6.45) is 0.297. The number of fused-ring (bicyclic) bond motifs is 3. The molecule has 7 nitrogen and oxygen atoms in total. The highest BCUT2D eigenvalue weighted by molar-refractivity contribution is 9.10. The van der Waals surface area contributed by atoms with Gasteiger partial charge >= 0.3 is 0 Å². The molecule has 1 unspecified atom stereocenters. The maximum absolute atomic E-state index is 11.5. The van der Waals surface area contributed by atoms with Crippen molar-refractivity contribution < 1.29 is 18.3 Å². The zero-order valence-electron chi connectivity index (χ0n) is 18.4. The van der Waals surface area contributed by atoms with E-state index in [1.807, 2.05) is 12.1 Å². The molecule has 0 saturated heterocycles. The number of aliphatic hydroxyl groups is 1. The summed E-state index contributed by atoms with van der Waals surface area (Å²) in [7, 11) is -3.41. The van der Waals surface area contributed by atoms with Crippen molar-refractivity contribution in [3.63, 3.8) is 0 Å². The van der Waals surface area contributed by atoms with Gasteiger partial charge in [0.25, 0.3) is 0 Å². The van der Waals surface area contributed by atoms with E-state index >= 15 is 0 Å². The largest absolute Gasteiger partial charge is 0.492 e. The van der Waals surface area contributed by atoms with Crippen molar-refractivity contribution in [2.45, 2.75) is 13.0 Å². The van der Waals surface area contributed by atoms with Crippen LogP contribution in [0.2, 0.25) is 0 Å². The van der Waals surface area contributed by atoms with Crippen LogP contribution in [0.1, 0.15) is 17.2 Å². The summed E-state index contributed by atoms with van der Waals surface area (Å²) < 4.78 is 31.9. The standard InChI is InChI=1S/C24H26BrN3O4S/c1-15-3-6-18-19-7-5-17(13-22(19)27-21(18)11-15)32-10-9-26-14-24(29)16-4-8-20(25)23(12-16)28-33(2,30)31/h3-8,11-13,24,26-29H,9-10,14H2,1-2H3. The number of anilines is 1. The number of benzene rings is 3. The summed E-state index contributed by atoms with van der Waals surface area (Å²) in [6.45, 7) is 3.38. The average molecular weight is 532 g/mol. The van der Waals surface area contributed by atoms with Gasteiger partial charge in [-0.2, -0.15) is 0 Å². The monoisotopic (exact) mass is 531 g/mol. The fourth-order valence-corrected chi connectivity index (χ4v) is 4.76. The third-order valence-electron chi connectivity index (χ3n) is 5.28. The summed E-state index contributed by atoms with van der Waals surface area (Å²) in [5.41, 5.74) is 4.35. The molecule has 0 spiro atoms. The van der Waals surface area contributed by atoms with E-state index in [1.165, 1.54) is 10.9 Å². The Balaban J connectivity index is 1.30. The van der Waals surface area contributed by atoms with Gasteiger partial charge in [0.1, 0.15) is 12.4 Å². The molecule has 33 heavy (non-hydrogen) atoms. The van der Waals surface area contributed by atoms with Gasteiger partial charge in [-0.3, -0.25) is 4.72 Å². The van der Waals surface area contributed by atoms with Gasteiger partial charge < -0.3 is 20.1 Å². The fraction of sp³-hybridized carbons (Fsp3) is 0.250. The lowest BCUT2D eigenvalue weighted by molar-refractivity contribution is 0.172. The molecule has 0 amide bonds. The van der Waals surface area contributed by atoms with E-state index in [9.17, 15) is 13.5 Å². The second-order valence-corrected chi connectivity index (χ2v) is 10.7. The molecule has 0 saturated carbocycles. The minimum absolute atomic E-state index is 0.309. The minimum Gasteiger partial charge on any atom is -0.492 e. The molecule has 0 aliphatic heterocycles. The molecule has 1 aromatic heterocycles. The van der Waals surface area contributed by atoms with Crippen LogP contribution < -0.4 is 14.8 Å². The Kier molecular flexibility index (Phi) is 6.94. The molecular formula is C24H26BrN3O4S. The molecule has 1 heterocycles. The summed E-state index contributed by atoms with van der Waals surface area (Å²) in [5, 5.41) is 16.0. The van der Waals surface area contributed by atoms with Gasteiger partial charge in [-0.1, -0.05) is 18.2 Å². The van der Waals surface area contributed by atoms with Crippen molar-refractivity contribution in [3.8, 4) is 5.75 Å². The van der Waals surface area contributed by atoms with Crippen molar-refractivity contribution in [2.24, 2.45) is 0 Å². The van der Waals surface area contributed by atoms with E-state index in [-0.39, 0.29) is 0 Å². The third kappa shape index (κ3) is 5.86. The van der Waals surface area contributed by atoms with Crippen LogP contribution in [0.5, 0.6) is 5.75 Å². The van der Waals surface area contributed by atoms with E-state index in [0.29, 0.717) is 35.4 Å². The zero-order valence-corrected chi connectivity index (χ0v) is 20.8. The highest BCUT2D eigenvalue weighted by atomic mass is 79.9. The number of rotatable bonds is 9. The van der Waals surface area contributed by atoms with Crippen LogP contribution in [-0.4, -0.2) is 44.5 Å². The first-order chi connectivity index (χ1) is 15.7. The van der Waals surface area contributed by atoms with Crippen molar-refractivity contribution in [2.75, 3.05) is 30.7 Å². The van der Waals surface area contributed by atoms with Crippen molar-refractivity contribution in [1.29, 1.82) is 0 Å². The molecule has 4 aromatic rings. The number of H-pyrrole nitrogens is 1. The first-order valence-corrected chi connectivity index (χ1v) is 13.2. The number of hydrogen-bond donors (Lipinski definition) is 4. The minimum atomic E-state index is -3.41. The first-order valence-electron chi connectivity index (χ1n) is 10.5. The number of aromatic amines is 1. The van der Waals surface area contributed by atoms with Crippen LogP contribution in [0.3, 0.4) is 0 Å². The number of aliphatic hydroxyl groups excluding tert-OH is 1. The smallest absolute Gasteiger partial charge is 0.229 e. The lowest BCUT2D eigenvalue weighted by atomic mass is 10.1. The molecule has 1 atom stereocenters. The van der Waals surface area contributed by atoms with Crippen molar-refractivity contribution >= 4 is 53.4 Å². The molecule has 4 rings (SSSR count). The van der Waals surface area contributed by atoms with Gasteiger partial charge in [0.15, 0.2) is 0 Å². The fourth-order valence-electron chi connectivity index (χ4n) is 3.72. The predicted molar refractivity (Wildman–Crippen MR) is 136 cm³/mol. The number of aromatic nitrogens is 1. The van der Waals surface area contributed by atoms with Crippen molar-refractivity contribution in [3.05, 3.63) is 70.2 Å². The number of ether oxygens (including phenoxy) is 1. The van der Waals surface area contributed by atoms with E-state index in [1.54, 1.807) is 18.2 Å². The first kappa shape index (κ1) is 23.6. The maximum atomic E-state index is 11.5. The maximum Gasteiger partial charge on any atom is 0.229 e. The summed E-state index contributed by atoms with van der Waals surface area (Å²) in [5.74, 6) is 0.775. The Morgan fingerprint density at radius 3 is 2.55 bits per heavy atom. The SMILES string of the molecule is Cc1ccc2c(c1)[nH]c1cc(OCCNCC(O)c3ccc(Br)c(NS(C)(=O)=O)c3)ccc12. The Morgan fingerprint density at radius 2 is 1.79 bits per heavy atom. The normalized spacial score (nSPS) is 12.8. The zero-order chi connectivity index (χ0) is 23.6. The van der Waals surface area contributed by atoms with Gasteiger partial charge in [0.05, 0.1) is 23.6 Å². The molecule has 0 aliphatic rings. The molecule has 0 bridgehead atoms. The van der Waals surface area contributed by atoms with E-state index in [0.717, 1.165) is 28.4 Å². The highest BCUT2D eigenvalue weighted by Crippen LogP contribution is 2.29. The number of hydrogen-bond acceptors (Lipinski definition) is 5. The summed E-state index contributed by atoms with van der Waals surface area (Å²) in [4.78, 5) is 3.44. The third-order valence-corrected chi connectivity index (χ3v) is 6.56. The molecule has 9 heteroatoms. The van der Waals surface area contributed by atoms with Crippen LogP contribution in [0.4, 0.5) is 5.69 Å². The number of sulfonamides is 1. The molecule has 0 radical (unpaired) electrons. The topological polar surface area (TPSA) is 103 Å². The Labute approximate surface area is 201 Å². The Hall–Kier alpha value is -2.59. The molecule has 0 aliphatic carbocycles. The molecule has 4 N–H and O–H groups in total. The van der Waals surface area contributed by atoms with Crippen LogP contribution in [0.15, 0.2) is 59.1 Å². The quantitative estimate of drug-likeness (QED) is 0.238. The van der Waals surface area contributed by atoms with E-state index in [2.05, 4.69) is 62.1 Å². The van der Waals surface area contributed by atoms with E-state index < -0.39 is 16.1 Å². The lowest BCUT2D eigenvalue weighted by Crippen LogP contribution is -2.26. The van der Waals surface area contributed by atoms with Crippen LogP contribution in [-0.2, 0) is 10.0 Å². The Morgan fingerprint density at radius 1 is 1.06 bits per heavy atom. The van der Waals surface area contributed by atoms with Crippen molar-refractivity contribution in [1.82, 2.24) is 10.3 Å². The van der Waals surface area contributed by atoms with Crippen LogP contribution in [0, 0.1) is 6.92 Å². The number of halogens is 1. The molecular weight excluding hydrogens is 506 g/mol. The van der Waals surface area contributed by atoms with Gasteiger partial charge in [0, 0.05) is 39.9 Å². The summed E-state index contributed by atoms with van der Waals surface area (Å²) in [6, 6.07) is 17.5. The average Bonchev–Trinajstić information content (AvgIpc) is 3.10. The molecule has 0 fully saturated rings. The second kappa shape index (κ2) is 9.72. The van der Waals surface area contributed by atoms with Gasteiger partial charge in [-0.05, 0) is 64.3 Å². The Bertz CT molecular complexity index is 1400. The highest BCUT2D eigenvalue weighted by Gasteiger charge is 2.12. The second-order valence-electron chi connectivity index (χ2n) is 8.06. The predicted octanol–water partition coefficient (Wildman–Crippen LogP) is 4.47. The van der Waals surface area contributed by atoms with Crippen LogP contribution >= 0.6 is 15.9 Å². The van der Waals surface area contributed by atoms with Gasteiger partial charge in [0.2, 0.25) is 10.0 Å². The van der Waals surface area contributed by atoms with Gasteiger partial charge in [-0.25, -0.2) is 8.42 Å². The van der Waals surface area contributed by atoms with E-state index in [4.69, 9.17) is 4.74 Å². The number of aryl methyl sites for hydroxylation is 1. The molecule has 174 valence electrons. The van der Waals surface area contributed by atoms with Crippen LogP contribution in [0.25, 0.3) is 21.8 Å². The lowest BCUT2D eigenvalue weighted by Gasteiger charge is -2.15. The summed E-state index contributed by atoms with van der Waals surface area (Å²) >= 11 is 3.31. The number of nitrogens with one attached hydrogen (secondary N) is 3. The molecule has 3 aromatic carbocycles.